The Bertz CT molecular complexity index is 702. The van der Waals surface area contributed by atoms with Crippen molar-refractivity contribution in [1.29, 1.82) is 0 Å². The minimum atomic E-state index is -1.10. The van der Waals surface area contributed by atoms with Crippen molar-refractivity contribution in [1.82, 2.24) is 5.06 Å². The van der Waals surface area contributed by atoms with E-state index in [2.05, 4.69) is 4.74 Å². The Kier molecular flexibility index (Phi) is 6.86. The maximum atomic E-state index is 12.3. The van der Waals surface area contributed by atoms with E-state index in [9.17, 15) is 14.4 Å². The van der Waals surface area contributed by atoms with E-state index in [1.165, 1.54) is 0 Å². The second-order valence-corrected chi connectivity index (χ2v) is 5.29. The number of benzene rings is 2. The molecule has 0 radical (unpaired) electrons. The lowest BCUT2D eigenvalue weighted by molar-refractivity contribution is -0.196. The molecule has 0 bridgehead atoms. The van der Waals surface area contributed by atoms with Gasteiger partial charge in [-0.05, 0) is 11.1 Å². The smallest absolute Gasteiger partial charge is 0.376 e. The molecular formula is C19H19NO5. The molecular weight excluding hydrogens is 322 g/mol. The van der Waals surface area contributed by atoms with E-state index in [-0.39, 0.29) is 13.0 Å². The first-order chi connectivity index (χ1) is 12.2. The van der Waals surface area contributed by atoms with E-state index < -0.39 is 17.8 Å². The van der Waals surface area contributed by atoms with E-state index in [4.69, 9.17) is 4.84 Å². The molecule has 1 amide bonds. The van der Waals surface area contributed by atoms with Crippen LogP contribution in [0.15, 0.2) is 60.7 Å². The second-order valence-electron chi connectivity index (χ2n) is 5.29. The number of hydrogen-bond acceptors (Lipinski definition) is 5. The van der Waals surface area contributed by atoms with Crippen LogP contribution in [0.25, 0.3) is 0 Å². The van der Waals surface area contributed by atoms with Gasteiger partial charge in [0.1, 0.15) is 12.6 Å². The number of ketones is 1. The highest BCUT2D eigenvalue weighted by molar-refractivity contribution is 6.35. The molecule has 1 atom stereocenters. The van der Waals surface area contributed by atoms with E-state index in [0.29, 0.717) is 6.41 Å². The van der Waals surface area contributed by atoms with Crippen molar-refractivity contribution < 1.29 is 24.0 Å². The molecule has 0 aliphatic carbocycles. The highest BCUT2D eigenvalue weighted by Gasteiger charge is 2.32. The maximum absolute atomic E-state index is 12.3. The fraction of sp³-hybridized carbons (Fsp3) is 0.211. The van der Waals surface area contributed by atoms with Crippen LogP contribution in [0.4, 0.5) is 0 Å². The summed E-state index contributed by atoms with van der Waals surface area (Å²) in [5.41, 5.74) is 1.62. The van der Waals surface area contributed by atoms with E-state index in [0.717, 1.165) is 23.3 Å². The molecule has 0 N–H and O–H groups in total. The van der Waals surface area contributed by atoms with E-state index in [1.807, 2.05) is 48.5 Å². The Morgan fingerprint density at radius 2 is 1.56 bits per heavy atom. The molecule has 0 aliphatic heterocycles. The van der Waals surface area contributed by atoms with Gasteiger partial charge >= 0.3 is 5.97 Å². The predicted octanol–water partition coefficient (Wildman–Crippen LogP) is 1.93. The first kappa shape index (κ1) is 18.4. The summed E-state index contributed by atoms with van der Waals surface area (Å²) in [6, 6.07) is 17.2. The largest absolute Gasteiger partial charge is 0.463 e. The van der Waals surface area contributed by atoms with Crippen LogP contribution in [0.3, 0.4) is 0 Å². The molecule has 0 heterocycles. The van der Waals surface area contributed by atoms with Gasteiger partial charge in [-0.1, -0.05) is 60.7 Å². The van der Waals surface area contributed by atoms with Gasteiger partial charge in [0, 0.05) is 6.42 Å². The molecule has 25 heavy (non-hydrogen) atoms. The Hall–Kier alpha value is -2.99. The average molecular weight is 341 g/mol. The predicted molar refractivity (Wildman–Crippen MR) is 90.1 cm³/mol. The van der Waals surface area contributed by atoms with Crippen LogP contribution < -0.4 is 0 Å². The van der Waals surface area contributed by atoms with Crippen molar-refractivity contribution in [3.05, 3.63) is 71.8 Å². The summed E-state index contributed by atoms with van der Waals surface area (Å²) >= 11 is 0. The summed E-state index contributed by atoms with van der Waals surface area (Å²) in [4.78, 5) is 40.9. The third-order valence-corrected chi connectivity index (χ3v) is 3.60. The maximum Gasteiger partial charge on any atom is 0.376 e. The molecule has 6 nitrogen and oxygen atoms in total. The third-order valence-electron chi connectivity index (χ3n) is 3.60. The number of ether oxygens (including phenoxy) is 1. The molecule has 2 aromatic rings. The Labute approximate surface area is 145 Å². The molecule has 2 rings (SSSR count). The number of methoxy groups -OCH3 is 1. The number of hydrogen-bond donors (Lipinski definition) is 0. The fourth-order valence-corrected chi connectivity index (χ4v) is 2.29. The molecule has 2 aromatic carbocycles. The molecule has 6 heteroatoms. The van der Waals surface area contributed by atoms with Crippen molar-refractivity contribution >= 4 is 18.2 Å². The van der Waals surface area contributed by atoms with Crippen LogP contribution in [0.1, 0.15) is 11.1 Å². The molecule has 0 saturated carbocycles. The van der Waals surface area contributed by atoms with Gasteiger partial charge in [0.25, 0.3) is 5.78 Å². The van der Waals surface area contributed by atoms with Crippen LogP contribution >= 0.6 is 0 Å². The van der Waals surface area contributed by atoms with Crippen molar-refractivity contribution in [3.63, 3.8) is 0 Å². The number of nitrogens with zero attached hydrogens (tertiary/aromatic N) is 1. The quantitative estimate of drug-likeness (QED) is 0.302. The minimum absolute atomic E-state index is 0.0965. The Morgan fingerprint density at radius 3 is 2.08 bits per heavy atom. The van der Waals surface area contributed by atoms with Crippen LogP contribution in [0.2, 0.25) is 0 Å². The summed E-state index contributed by atoms with van der Waals surface area (Å²) in [5.74, 6) is -1.86. The average Bonchev–Trinajstić information content (AvgIpc) is 2.68. The number of hydroxylamine groups is 2. The first-order valence-electron chi connectivity index (χ1n) is 7.72. The third kappa shape index (κ3) is 5.26. The summed E-state index contributed by atoms with van der Waals surface area (Å²) < 4.78 is 4.50. The highest BCUT2D eigenvalue weighted by atomic mass is 16.7. The topological polar surface area (TPSA) is 72.9 Å². The summed E-state index contributed by atoms with van der Waals surface area (Å²) in [6.45, 7) is 0.0965. The SMILES string of the molecule is COC(=O)C(=O)[C@@H](Cc1ccccc1)N(C=O)OCc1ccccc1. The number of Topliss-reactive ketones (excluding diaryl/α,β-unsaturated/α-hetero) is 1. The van der Waals surface area contributed by atoms with Crippen LogP contribution in [0.5, 0.6) is 0 Å². The van der Waals surface area contributed by atoms with Gasteiger partial charge in [-0.3, -0.25) is 14.4 Å². The lowest BCUT2D eigenvalue weighted by Gasteiger charge is -2.25. The van der Waals surface area contributed by atoms with Gasteiger partial charge in [0.05, 0.1) is 7.11 Å². The van der Waals surface area contributed by atoms with Gasteiger partial charge < -0.3 is 4.74 Å². The van der Waals surface area contributed by atoms with E-state index in [1.54, 1.807) is 12.1 Å². The summed E-state index contributed by atoms with van der Waals surface area (Å²) in [6.07, 6.45) is 0.541. The molecule has 0 unspecified atom stereocenters. The first-order valence-corrected chi connectivity index (χ1v) is 7.72. The van der Waals surface area contributed by atoms with Crippen molar-refractivity contribution in [2.45, 2.75) is 19.1 Å². The molecule has 0 aliphatic rings. The lowest BCUT2D eigenvalue weighted by atomic mass is 10.0. The van der Waals surface area contributed by atoms with Crippen molar-refractivity contribution in [2.75, 3.05) is 7.11 Å². The number of amides is 1. The van der Waals surface area contributed by atoms with Crippen LogP contribution in [-0.4, -0.2) is 36.4 Å². The van der Waals surface area contributed by atoms with Gasteiger partial charge in [0.2, 0.25) is 6.41 Å². The standard InChI is InChI=1S/C19H19NO5/c1-24-19(23)18(22)17(12-15-8-4-2-5-9-15)20(14-21)25-13-16-10-6-3-7-11-16/h2-11,14,17H,12-13H2,1H3/t17-/m1/s1. The zero-order valence-corrected chi connectivity index (χ0v) is 13.8. The molecule has 0 aromatic heterocycles. The Morgan fingerprint density at radius 1 is 1.00 bits per heavy atom. The molecule has 0 saturated heterocycles. The van der Waals surface area contributed by atoms with Gasteiger partial charge in [0.15, 0.2) is 0 Å². The van der Waals surface area contributed by atoms with Crippen LogP contribution in [0, 0.1) is 0 Å². The van der Waals surface area contributed by atoms with Gasteiger partial charge in [-0.25, -0.2) is 9.86 Å². The second kappa shape index (κ2) is 9.34. The number of carbonyl (C=O) groups excluding carboxylic acids is 3. The normalized spacial score (nSPS) is 11.4. The van der Waals surface area contributed by atoms with Gasteiger partial charge in [-0.15, -0.1) is 0 Å². The monoisotopic (exact) mass is 341 g/mol. The zero-order chi connectivity index (χ0) is 18.1. The number of rotatable bonds is 9. The lowest BCUT2D eigenvalue weighted by Crippen LogP contribution is -2.45. The van der Waals surface area contributed by atoms with Crippen molar-refractivity contribution in [3.8, 4) is 0 Å². The number of carbonyl (C=O) groups is 3. The highest BCUT2D eigenvalue weighted by Crippen LogP contribution is 2.12. The zero-order valence-electron chi connectivity index (χ0n) is 13.8. The van der Waals surface area contributed by atoms with Crippen molar-refractivity contribution in [2.24, 2.45) is 0 Å². The molecule has 0 fully saturated rings. The minimum Gasteiger partial charge on any atom is -0.463 e. The fourth-order valence-electron chi connectivity index (χ4n) is 2.29. The molecule has 0 spiro atoms. The summed E-state index contributed by atoms with van der Waals surface area (Å²) in [7, 11) is 1.12. The summed E-state index contributed by atoms with van der Waals surface area (Å²) in [5, 5.41) is 0.874. The van der Waals surface area contributed by atoms with Gasteiger partial charge in [-0.2, -0.15) is 0 Å². The molecule has 130 valence electrons. The van der Waals surface area contributed by atoms with Crippen LogP contribution in [-0.2, 0) is 37.0 Å². The van der Waals surface area contributed by atoms with E-state index >= 15 is 0 Å². The Balaban J connectivity index is 2.16. The number of esters is 1.